The van der Waals surface area contributed by atoms with Crippen LogP contribution >= 0.6 is 0 Å². The zero-order valence-corrected chi connectivity index (χ0v) is 14.2. The summed E-state index contributed by atoms with van der Waals surface area (Å²) in [5, 5.41) is 3.36. The molecule has 3 heterocycles. The van der Waals surface area contributed by atoms with Crippen LogP contribution in [0.15, 0.2) is 0 Å². The lowest BCUT2D eigenvalue weighted by Gasteiger charge is -2.33. The highest BCUT2D eigenvalue weighted by Crippen LogP contribution is 2.38. The number of aromatic nitrogens is 2. The molecule has 6 heteroatoms. The lowest BCUT2D eigenvalue weighted by molar-refractivity contribution is 0.320. The summed E-state index contributed by atoms with van der Waals surface area (Å²) in [5.74, 6) is 1.55. The van der Waals surface area contributed by atoms with E-state index in [0.29, 0.717) is 6.42 Å². The van der Waals surface area contributed by atoms with E-state index in [0.717, 1.165) is 31.0 Å². The molecule has 21 heavy (non-hydrogen) atoms. The largest absolute Gasteiger partial charge is 0.324 e. The van der Waals surface area contributed by atoms with E-state index >= 15 is 0 Å². The molecule has 3 rings (SSSR count). The van der Waals surface area contributed by atoms with E-state index in [4.69, 9.17) is 4.98 Å². The molecule has 1 aromatic rings. The van der Waals surface area contributed by atoms with Gasteiger partial charge in [-0.25, -0.2) is 13.4 Å². The Labute approximate surface area is 127 Å². The van der Waals surface area contributed by atoms with Crippen molar-refractivity contribution < 1.29 is 8.42 Å². The Bertz CT molecular complexity index is 670. The van der Waals surface area contributed by atoms with Crippen molar-refractivity contribution >= 4 is 9.84 Å². The molecular weight excluding hydrogens is 286 g/mol. The Kier molecular flexibility index (Phi) is 3.26. The third-order valence-electron chi connectivity index (χ3n) is 4.58. The normalized spacial score (nSPS) is 28.6. The molecule has 1 N–H and O–H groups in total. The van der Waals surface area contributed by atoms with Gasteiger partial charge in [0.15, 0.2) is 9.84 Å². The summed E-state index contributed by atoms with van der Waals surface area (Å²) in [4.78, 5) is 4.87. The predicted octanol–water partition coefficient (Wildman–Crippen LogP) is 1.36. The van der Waals surface area contributed by atoms with Gasteiger partial charge >= 0.3 is 0 Å². The number of nitrogens with one attached hydrogen (secondary N) is 1. The maximum absolute atomic E-state index is 12.0. The molecule has 5 nitrogen and oxygen atoms in total. The van der Waals surface area contributed by atoms with Crippen LogP contribution in [0.5, 0.6) is 0 Å². The van der Waals surface area contributed by atoms with Gasteiger partial charge in [0.2, 0.25) is 0 Å². The van der Waals surface area contributed by atoms with Crippen LogP contribution in [0.2, 0.25) is 0 Å². The second kappa shape index (κ2) is 4.56. The van der Waals surface area contributed by atoms with Crippen LogP contribution < -0.4 is 5.32 Å². The van der Waals surface area contributed by atoms with E-state index in [1.807, 2.05) is 0 Å². The molecule has 2 aliphatic heterocycles. The molecule has 1 aromatic heterocycles. The summed E-state index contributed by atoms with van der Waals surface area (Å²) in [7, 11) is -2.93. The minimum absolute atomic E-state index is 0.0906. The zero-order valence-electron chi connectivity index (χ0n) is 13.4. The van der Waals surface area contributed by atoms with E-state index in [9.17, 15) is 8.42 Å². The number of fused-ring (bicyclic) bond motifs is 1. The predicted molar refractivity (Wildman–Crippen MR) is 83.3 cm³/mol. The third kappa shape index (κ3) is 2.52. The summed E-state index contributed by atoms with van der Waals surface area (Å²) >= 11 is 0. The summed E-state index contributed by atoms with van der Waals surface area (Å²) in [6.45, 7) is 10.3. The monoisotopic (exact) mass is 311 g/mol. The van der Waals surface area contributed by atoms with Crippen LogP contribution in [0.1, 0.15) is 51.3 Å². The Morgan fingerprint density at radius 1 is 1.33 bits per heavy atom. The van der Waals surface area contributed by atoms with Crippen molar-refractivity contribution in [2.45, 2.75) is 58.0 Å². The highest BCUT2D eigenvalue weighted by Gasteiger charge is 2.44. The van der Waals surface area contributed by atoms with Gasteiger partial charge in [-0.3, -0.25) is 0 Å². The number of hydrogen-bond donors (Lipinski definition) is 1. The first-order chi connectivity index (χ1) is 9.62. The molecule has 0 saturated carbocycles. The number of sulfone groups is 1. The van der Waals surface area contributed by atoms with Crippen LogP contribution in [0.25, 0.3) is 0 Å². The molecule has 1 fully saturated rings. The van der Waals surface area contributed by atoms with Crippen molar-refractivity contribution in [1.82, 2.24) is 14.9 Å². The molecule has 1 atom stereocenters. The first kappa shape index (κ1) is 15.0. The van der Waals surface area contributed by atoms with Crippen molar-refractivity contribution in [3.63, 3.8) is 0 Å². The van der Waals surface area contributed by atoms with Gasteiger partial charge in [-0.05, 0) is 13.3 Å². The van der Waals surface area contributed by atoms with Crippen LogP contribution in [-0.4, -0.2) is 36.0 Å². The molecule has 1 saturated heterocycles. The van der Waals surface area contributed by atoms with Gasteiger partial charge in [0.05, 0.1) is 22.7 Å². The van der Waals surface area contributed by atoms with Crippen molar-refractivity contribution in [3.8, 4) is 0 Å². The molecule has 0 radical (unpaired) electrons. The number of imidazole rings is 1. The van der Waals surface area contributed by atoms with Crippen molar-refractivity contribution in [2.75, 3.05) is 18.1 Å². The lowest BCUT2D eigenvalue weighted by Crippen LogP contribution is -2.38. The first-order valence-corrected chi connectivity index (χ1v) is 9.47. The SMILES string of the molecule is CC(C)(C)c1nc2c(n1C1(C)CCS(=O)(=O)C1)CCNC2. The van der Waals surface area contributed by atoms with Gasteiger partial charge in [0.1, 0.15) is 5.82 Å². The van der Waals surface area contributed by atoms with E-state index in [1.165, 1.54) is 5.69 Å². The van der Waals surface area contributed by atoms with Crippen molar-refractivity contribution in [3.05, 3.63) is 17.2 Å². The Morgan fingerprint density at radius 2 is 2.05 bits per heavy atom. The fourth-order valence-corrected chi connectivity index (χ4v) is 5.68. The fraction of sp³-hybridized carbons (Fsp3) is 0.800. The highest BCUT2D eigenvalue weighted by atomic mass is 32.2. The fourth-order valence-electron chi connectivity index (χ4n) is 3.56. The van der Waals surface area contributed by atoms with Crippen molar-refractivity contribution in [1.29, 1.82) is 0 Å². The number of hydrogen-bond acceptors (Lipinski definition) is 4. The first-order valence-electron chi connectivity index (χ1n) is 7.65. The van der Waals surface area contributed by atoms with E-state index < -0.39 is 9.84 Å². The molecule has 0 aromatic carbocycles. The molecule has 118 valence electrons. The average Bonchev–Trinajstić information content (AvgIpc) is 2.87. The summed E-state index contributed by atoms with van der Waals surface area (Å²) < 4.78 is 26.3. The maximum atomic E-state index is 12.0. The Hall–Kier alpha value is -0.880. The van der Waals surface area contributed by atoms with Gasteiger partial charge < -0.3 is 9.88 Å². The lowest BCUT2D eigenvalue weighted by atomic mass is 9.92. The number of rotatable bonds is 1. The molecule has 2 aliphatic rings. The Morgan fingerprint density at radius 3 is 2.62 bits per heavy atom. The van der Waals surface area contributed by atoms with Gasteiger partial charge in [-0.1, -0.05) is 20.8 Å². The number of nitrogens with zero attached hydrogens (tertiary/aromatic N) is 2. The molecule has 0 aliphatic carbocycles. The zero-order chi connectivity index (χ0) is 15.5. The average molecular weight is 311 g/mol. The molecule has 0 amide bonds. The quantitative estimate of drug-likeness (QED) is 0.850. The molecule has 0 spiro atoms. The van der Waals surface area contributed by atoms with Gasteiger partial charge in [-0.2, -0.15) is 0 Å². The third-order valence-corrected chi connectivity index (χ3v) is 6.47. The Balaban J connectivity index is 2.19. The molecular formula is C15H25N3O2S. The minimum Gasteiger partial charge on any atom is -0.324 e. The molecule has 1 unspecified atom stereocenters. The van der Waals surface area contributed by atoms with Gasteiger partial charge in [0, 0.05) is 30.6 Å². The maximum Gasteiger partial charge on any atom is 0.152 e. The summed E-state index contributed by atoms with van der Waals surface area (Å²) in [6, 6.07) is 0. The van der Waals surface area contributed by atoms with Crippen LogP contribution in [0.4, 0.5) is 0 Å². The van der Waals surface area contributed by atoms with Gasteiger partial charge in [-0.15, -0.1) is 0 Å². The van der Waals surface area contributed by atoms with E-state index in [2.05, 4.69) is 37.6 Å². The molecule has 0 bridgehead atoms. The van der Waals surface area contributed by atoms with Crippen LogP contribution in [-0.2, 0) is 33.8 Å². The van der Waals surface area contributed by atoms with Crippen LogP contribution in [0.3, 0.4) is 0 Å². The topological polar surface area (TPSA) is 64.0 Å². The smallest absolute Gasteiger partial charge is 0.152 e. The summed E-state index contributed by atoms with van der Waals surface area (Å²) in [6.07, 6.45) is 1.61. The second-order valence-electron chi connectivity index (χ2n) is 7.68. The standard InChI is InChI=1S/C15H25N3O2S/c1-14(2,3)13-17-11-9-16-7-5-12(11)18(13)15(4)6-8-21(19,20)10-15/h16H,5-10H2,1-4H3. The second-order valence-corrected chi connectivity index (χ2v) is 9.86. The highest BCUT2D eigenvalue weighted by molar-refractivity contribution is 7.91. The van der Waals surface area contributed by atoms with Crippen LogP contribution in [0, 0.1) is 0 Å². The van der Waals surface area contributed by atoms with Gasteiger partial charge in [0.25, 0.3) is 0 Å². The summed E-state index contributed by atoms with van der Waals surface area (Å²) in [5.41, 5.74) is 1.89. The minimum atomic E-state index is -2.93. The van der Waals surface area contributed by atoms with Crippen molar-refractivity contribution in [2.24, 2.45) is 0 Å². The van der Waals surface area contributed by atoms with E-state index in [1.54, 1.807) is 0 Å². The van der Waals surface area contributed by atoms with E-state index in [-0.39, 0.29) is 22.5 Å².